The van der Waals surface area contributed by atoms with Gasteiger partial charge < -0.3 is 15.3 Å². The number of halogens is 5. The van der Waals surface area contributed by atoms with Gasteiger partial charge in [-0.25, -0.2) is 4.79 Å². The molecule has 2 aromatic carbocycles. The Morgan fingerprint density at radius 3 is 2.44 bits per heavy atom. The third kappa shape index (κ3) is 4.32. The van der Waals surface area contributed by atoms with Crippen LogP contribution in [-0.4, -0.2) is 59.4 Å². The molecule has 4 rings (SSSR count). The maximum absolute atomic E-state index is 14.6. The number of amides is 2. The molecule has 1 aliphatic carbocycles. The van der Waals surface area contributed by atoms with E-state index in [1.54, 1.807) is 6.07 Å². The third-order valence-corrected chi connectivity index (χ3v) is 5.74. The minimum Gasteiger partial charge on any atom is -0.480 e. The van der Waals surface area contributed by atoms with Gasteiger partial charge in [-0.15, -0.1) is 13.2 Å². The number of hydrogen-bond donors (Lipinski definition) is 2. The largest absolute Gasteiger partial charge is 0.522 e. The minimum atomic E-state index is -5.00. The molecule has 180 valence electrons. The van der Waals surface area contributed by atoms with E-state index in [-0.39, 0.29) is 27.8 Å². The maximum Gasteiger partial charge on any atom is 0.522 e. The smallest absolute Gasteiger partial charge is 0.480 e. The molecular formula is C22H17F5N2O5. The van der Waals surface area contributed by atoms with E-state index in [4.69, 9.17) is 0 Å². The van der Waals surface area contributed by atoms with Gasteiger partial charge in [0.2, 0.25) is 5.91 Å². The van der Waals surface area contributed by atoms with Crippen molar-refractivity contribution in [2.45, 2.75) is 30.9 Å². The first-order valence-electron chi connectivity index (χ1n) is 10.1. The van der Waals surface area contributed by atoms with Crippen molar-refractivity contribution in [3.05, 3.63) is 59.2 Å². The van der Waals surface area contributed by atoms with Gasteiger partial charge in [0.15, 0.2) is 0 Å². The van der Waals surface area contributed by atoms with Crippen molar-refractivity contribution in [3.63, 3.8) is 0 Å². The first-order chi connectivity index (χ1) is 15.9. The number of aliphatic carboxylic acids is 1. The van der Waals surface area contributed by atoms with E-state index in [1.807, 2.05) is 0 Å². The molecule has 0 bridgehead atoms. The summed E-state index contributed by atoms with van der Waals surface area (Å²) < 4.78 is 70.5. The number of ether oxygens (including phenoxy) is 1. The van der Waals surface area contributed by atoms with Crippen molar-refractivity contribution < 1.29 is 46.2 Å². The highest BCUT2D eigenvalue weighted by Gasteiger charge is 2.45. The maximum atomic E-state index is 14.6. The molecule has 1 aliphatic heterocycles. The van der Waals surface area contributed by atoms with Crippen molar-refractivity contribution in [3.8, 4) is 11.1 Å². The topological polar surface area (TPSA) is 95.9 Å². The van der Waals surface area contributed by atoms with Crippen molar-refractivity contribution in [2.75, 3.05) is 13.1 Å². The summed E-state index contributed by atoms with van der Waals surface area (Å²) in [7, 11) is 0. The van der Waals surface area contributed by atoms with Crippen LogP contribution in [0.15, 0.2) is 42.5 Å². The molecule has 2 atom stereocenters. The van der Waals surface area contributed by atoms with Crippen molar-refractivity contribution >= 4 is 17.8 Å². The molecule has 34 heavy (non-hydrogen) atoms. The molecule has 7 nitrogen and oxygen atoms in total. The van der Waals surface area contributed by atoms with E-state index in [0.29, 0.717) is 4.90 Å². The number of hydrogen-bond acceptors (Lipinski definition) is 4. The van der Waals surface area contributed by atoms with Gasteiger partial charge in [-0.2, -0.15) is 8.78 Å². The Morgan fingerprint density at radius 1 is 1.09 bits per heavy atom. The van der Waals surface area contributed by atoms with E-state index in [2.05, 4.69) is 10.1 Å². The normalized spacial score (nSPS) is 20.6. The first kappa shape index (κ1) is 23.6. The van der Waals surface area contributed by atoms with Crippen LogP contribution in [0, 0.1) is 0 Å². The monoisotopic (exact) mass is 484 g/mol. The second-order valence-electron chi connectivity index (χ2n) is 7.88. The van der Waals surface area contributed by atoms with Crippen molar-refractivity contribution in [1.29, 1.82) is 0 Å². The van der Waals surface area contributed by atoms with E-state index in [0.717, 1.165) is 6.07 Å². The zero-order valence-corrected chi connectivity index (χ0v) is 17.2. The average Bonchev–Trinajstić information content (AvgIpc) is 3.28. The Balaban J connectivity index is 1.46. The highest BCUT2D eigenvalue weighted by atomic mass is 19.4. The molecular weight excluding hydrogens is 467 g/mol. The number of benzene rings is 2. The molecule has 2 aliphatic rings. The minimum absolute atomic E-state index is 0.0199. The lowest BCUT2D eigenvalue weighted by Crippen LogP contribution is -2.45. The number of nitrogens with one attached hydrogen (secondary N) is 1. The molecule has 2 N–H and O–H groups in total. The summed E-state index contributed by atoms with van der Waals surface area (Å²) in [5.74, 6) is -6.45. The summed E-state index contributed by atoms with van der Waals surface area (Å²) in [6, 6.07) is 7.85. The Bertz CT molecular complexity index is 1170. The third-order valence-electron chi connectivity index (χ3n) is 5.74. The van der Waals surface area contributed by atoms with Crippen LogP contribution >= 0.6 is 0 Å². The predicted molar refractivity (Wildman–Crippen MR) is 106 cm³/mol. The number of carboxylic acid groups (broad SMARTS) is 1. The summed E-state index contributed by atoms with van der Waals surface area (Å²) in [6.45, 7) is -1.32. The number of likely N-dealkylation sites (tertiary alicyclic amines) is 1. The number of fused-ring (bicyclic) bond motifs is 3. The van der Waals surface area contributed by atoms with Crippen molar-refractivity contribution in [1.82, 2.24) is 10.2 Å². The Kier molecular flexibility index (Phi) is 5.80. The van der Waals surface area contributed by atoms with Gasteiger partial charge in [-0.1, -0.05) is 30.3 Å². The summed E-state index contributed by atoms with van der Waals surface area (Å²) in [4.78, 5) is 37.1. The number of carboxylic acids is 1. The predicted octanol–water partition coefficient (Wildman–Crippen LogP) is 3.13. The average molecular weight is 484 g/mol. The molecule has 0 spiro atoms. The number of nitrogens with zero attached hydrogens (tertiary/aromatic N) is 1. The molecule has 1 heterocycles. The standard InChI is InChI=1S/C22H17F5N2O5/c23-21(24)15-4-2-1-3-13(15)14-7-11(5-6-16(14)21)19(31)28-9-18(30)29-10-12(34-22(25,26)27)8-17(29)20(32)33/h1-7,12,17H,8-10H2,(H,28,31)(H,32,33)/t12-,17+/m1/s1. The Labute approximate surface area is 189 Å². The van der Waals surface area contributed by atoms with Crippen LogP contribution in [0.2, 0.25) is 0 Å². The van der Waals surface area contributed by atoms with Gasteiger partial charge in [0.25, 0.3) is 11.8 Å². The number of alkyl halides is 5. The van der Waals surface area contributed by atoms with E-state index < -0.39 is 61.7 Å². The summed E-state index contributed by atoms with van der Waals surface area (Å²) >= 11 is 0. The Hall–Kier alpha value is -3.54. The fraction of sp³-hybridized carbons (Fsp3) is 0.318. The second kappa shape index (κ2) is 8.35. The molecule has 1 saturated heterocycles. The van der Waals surface area contributed by atoms with E-state index in [1.165, 1.54) is 30.3 Å². The van der Waals surface area contributed by atoms with Crippen LogP contribution in [0.4, 0.5) is 22.0 Å². The van der Waals surface area contributed by atoms with Crippen LogP contribution in [0.5, 0.6) is 0 Å². The van der Waals surface area contributed by atoms with Gasteiger partial charge >= 0.3 is 12.3 Å². The molecule has 1 fully saturated rings. The molecule has 0 saturated carbocycles. The van der Waals surface area contributed by atoms with Gasteiger partial charge in [0.05, 0.1) is 12.6 Å². The number of carbonyl (C=O) groups is 3. The molecule has 12 heteroatoms. The lowest BCUT2D eigenvalue weighted by atomic mass is 10.0. The summed E-state index contributed by atoms with van der Waals surface area (Å²) in [6.07, 6.45) is -7.11. The zero-order valence-electron chi connectivity index (χ0n) is 17.2. The van der Waals surface area contributed by atoms with Gasteiger partial charge in [0, 0.05) is 29.7 Å². The summed E-state index contributed by atoms with van der Waals surface area (Å²) in [5, 5.41) is 11.5. The number of carbonyl (C=O) groups excluding carboxylic acids is 2. The number of rotatable bonds is 5. The van der Waals surface area contributed by atoms with Crippen LogP contribution in [0.1, 0.15) is 27.9 Å². The first-order valence-corrected chi connectivity index (χ1v) is 10.1. The van der Waals surface area contributed by atoms with Gasteiger partial charge in [0.1, 0.15) is 6.04 Å². The quantitative estimate of drug-likeness (QED) is 0.636. The summed E-state index contributed by atoms with van der Waals surface area (Å²) in [5.41, 5.74) is -0.0449. The fourth-order valence-electron chi connectivity index (χ4n) is 4.26. The van der Waals surface area contributed by atoms with Crippen LogP contribution in [0.3, 0.4) is 0 Å². The van der Waals surface area contributed by atoms with Gasteiger partial charge in [-0.05, 0) is 23.3 Å². The second-order valence-corrected chi connectivity index (χ2v) is 7.88. The highest BCUT2D eigenvalue weighted by molar-refractivity contribution is 5.99. The highest BCUT2D eigenvalue weighted by Crippen LogP contribution is 2.50. The Morgan fingerprint density at radius 2 is 1.76 bits per heavy atom. The lowest BCUT2D eigenvalue weighted by molar-refractivity contribution is -0.340. The molecule has 0 unspecified atom stereocenters. The van der Waals surface area contributed by atoms with Crippen LogP contribution < -0.4 is 5.32 Å². The fourth-order valence-corrected chi connectivity index (χ4v) is 4.26. The van der Waals surface area contributed by atoms with Crippen LogP contribution in [0.25, 0.3) is 11.1 Å². The van der Waals surface area contributed by atoms with Crippen molar-refractivity contribution in [2.24, 2.45) is 0 Å². The van der Waals surface area contributed by atoms with E-state index in [9.17, 15) is 41.4 Å². The SMILES string of the molecule is O=C(NCC(=O)N1C[C@H](OC(F)(F)F)C[C@H]1C(=O)O)c1ccc2c(c1)-c1ccccc1C2(F)F. The molecule has 0 radical (unpaired) electrons. The molecule has 2 amide bonds. The lowest BCUT2D eigenvalue weighted by Gasteiger charge is -2.21. The molecule has 2 aromatic rings. The molecule has 0 aromatic heterocycles. The van der Waals surface area contributed by atoms with Crippen LogP contribution in [-0.2, 0) is 20.2 Å². The zero-order chi connectivity index (χ0) is 24.8. The van der Waals surface area contributed by atoms with E-state index >= 15 is 0 Å². The van der Waals surface area contributed by atoms with Gasteiger partial charge in [-0.3, -0.25) is 14.3 Å².